The first kappa shape index (κ1) is 23.2. The summed E-state index contributed by atoms with van der Waals surface area (Å²) >= 11 is 0. The van der Waals surface area contributed by atoms with Gasteiger partial charge in [-0.25, -0.2) is 0 Å². The second-order valence-electron chi connectivity index (χ2n) is 6.88. The van der Waals surface area contributed by atoms with Gasteiger partial charge in [-0.05, 0) is 36.5 Å². The minimum absolute atomic E-state index is 0.218. The first-order valence-corrected chi connectivity index (χ1v) is 8.49. The van der Waals surface area contributed by atoms with Crippen LogP contribution in [-0.4, -0.2) is 22.2 Å². The predicted octanol–water partition coefficient (Wildman–Crippen LogP) is 4.92. The van der Waals surface area contributed by atoms with Crippen molar-refractivity contribution in [2.75, 3.05) is 0 Å². The molecule has 0 bridgehead atoms. The molecule has 0 aliphatic heterocycles. The molecule has 4 unspecified atom stereocenters. The van der Waals surface area contributed by atoms with Crippen molar-refractivity contribution >= 4 is 11.9 Å². The molecule has 0 aromatic heterocycles. The molecule has 4 heteroatoms. The molecule has 0 saturated heterocycles. The second kappa shape index (κ2) is 12.5. The van der Waals surface area contributed by atoms with Crippen LogP contribution in [0.4, 0.5) is 0 Å². The van der Waals surface area contributed by atoms with Crippen molar-refractivity contribution in [1.29, 1.82) is 0 Å². The Kier molecular flexibility index (Phi) is 13.2. The summed E-state index contributed by atoms with van der Waals surface area (Å²) in [5, 5.41) is 17.1. The third kappa shape index (κ3) is 11.6. The summed E-state index contributed by atoms with van der Waals surface area (Å²) in [5.41, 5.74) is 0. The monoisotopic (exact) mass is 316 g/mol. The van der Waals surface area contributed by atoms with Gasteiger partial charge in [0.1, 0.15) is 0 Å². The molecule has 0 heterocycles. The highest BCUT2D eigenvalue weighted by Gasteiger charge is 2.22. The summed E-state index contributed by atoms with van der Waals surface area (Å²) in [4.78, 5) is 20.7. The van der Waals surface area contributed by atoms with Crippen molar-refractivity contribution in [1.82, 2.24) is 0 Å². The van der Waals surface area contributed by atoms with Crippen LogP contribution in [0.1, 0.15) is 74.1 Å². The molecule has 4 atom stereocenters. The summed E-state index contributed by atoms with van der Waals surface area (Å²) in [5.74, 6) is 0.514. The Balaban J connectivity index is 0. The third-order valence-corrected chi connectivity index (χ3v) is 4.91. The fourth-order valence-electron chi connectivity index (χ4n) is 2.00. The van der Waals surface area contributed by atoms with Gasteiger partial charge in [-0.15, -0.1) is 0 Å². The number of hydrogen-bond acceptors (Lipinski definition) is 2. The highest BCUT2D eigenvalue weighted by atomic mass is 16.4. The minimum atomic E-state index is -0.683. The van der Waals surface area contributed by atoms with Gasteiger partial charge in [-0.2, -0.15) is 0 Å². The van der Waals surface area contributed by atoms with Gasteiger partial charge < -0.3 is 10.2 Å². The normalized spacial score (nSPS) is 16.2. The quantitative estimate of drug-likeness (QED) is 0.633. The SMILES string of the molecule is CC(C)C(C)CCCC(=O)O.CCC(C)C(C)C(C)C(=O)O. The van der Waals surface area contributed by atoms with Gasteiger partial charge in [0.25, 0.3) is 0 Å². The molecule has 0 aromatic rings. The summed E-state index contributed by atoms with van der Waals surface area (Å²) in [6, 6.07) is 0. The summed E-state index contributed by atoms with van der Waals surface area (Å²) in [6.07, 6.45) is 3.22. The average molecular weight is 316 g/mol. The first-order chi connectivity index (χ1) is 10.0. The van der Waals surface area contributed by atoms with Crippen LogP contribution in [0.5, 0.6) is 0 Å². The topological polar surface area (TPSA) is 74.6 Å². The van der Waals surface area contributed by atoms with Crippen LogP contribution in [0.3, 0.4) is 0 Å². The maximum Gasteiger partial charge on any atom is 0.306 e. The van der Waals surface area contributed by atoms with Crippen LogP contribution >= 0.6 is 0 Å². The third-order valence-electron chi connectivity index (χ3n) is 4.91. The standard InChI is InChI=1S/2C9H18O2/c1-7(2)8(3)5-4-6-9(10)11;1-5-6(2)7(3)8(4)9(10)11/h7-8H,4-6H2,1-3H3,(H,10,11);6-8H,5H2,1-4H3,(H,10,11). The number of carbonyl (C=O) groups is 2. The maximum atomic E-state index is 10.6. The van der Waals surface area contributed by atoms with E-state index in [1.165, 1.54) is 0 Å². The van der Waals surface area contributed by atoms with Crippen LogP contribution in [0.15, 0.2) is 0 Å². The van der Waals surface area contributed by atoms with Crippen LogP contribution in [-0.2, 0) is 9.59 Å². The van der Waals surface area contributed by atoms with Gasteiger partial charge in [0.15, 0.2) is 0 Å². The molecule has 132 valence electrons. The number of carboxylic acid groups (broad SMARTS) is 2. The second-order valence-corrected chi connectivity index (χ2v) is 6.88. The van der Waals surface area contributed by atoms with E-state index in [2.05, 4.69) is 34.6 Å². The Labute approximate surface area is 136 Å². The largest absolute Gasteiger partial charge is 0.481 e. The lowest BCUT2D eigenvalue weighted by Gasteiger charge is -2.21. The van der Waals surface area contributed by atoms with Crippen LogP contribution in [0.2, 0.25) is 0 Å². The van der Waals surface area contributed by atoms with E-state index in [9.17, 15) is 9.59 Å². The van der Waals surface area contributed by atoms with E-state index in [1.54, 1.807) is 6.92 Å². The zero-order valence-electron chi connectivity index (χ0n) is 15.4. The molecule has 0 aromatic carbocycles. The van der Waals surface area contributed by atoms with Gasteiger partial charge >= 0.3 is 11.9 Å². The van der Waals surface area contributed by atoms with E-state index in [0.29, 0.717) is 24.2 Å². The van der Waals surface area contributed by atoms with Gasteiger partial charge in [-0.1, -0.05) is 54.9 Å². The molecule has 4 nitrogen and oxygen atoms in total. The first-order valence-electron chi connectivity index (χ1n) is 8.49. The molecule has 0 saturated carbocycles. The average Bonchev–Trinajstić information content (AvgIpc) is 2.44. The Hall–Kier alpha value is -1.06. The number of rotatable bonds is 9. The van der Waals surface area contributed by atoms with Crippen molar-refractivity contribution in [3.63, 3.8) is 0 Å². The smallest absolute Gasteiger partial charge is 0.306 e. The molecule has 0 radical (unpaired) electrons. The Morgan fingerprint density at radius 3 is 1.73 bits per heavy atom. The molecule has 0 fully saturated rings. The van der Waals surface area contributed by atoms with Gasteiger partial charge in [0.05, 0.1) is 5.92 Å². The highest BCUT2D eigenvalue weighted by Crippen LogP contribution is 2.22. The summed E-state index contributed by atoms with van der Waals surface area (Å²) in [6.45, 7) is 14.5. The zero-order chi connectivity index (χ0) is 17.9. The predicted molar refractivity (Wildman–Crippen MR) is 90.9 cm³/mol. The van der Waals surface area contributed by atoms with E-state index in [4.69, 9.17) is 10.2 Å². The van der Waals surface area contributed by atoms with Crippen LogP contribution in [0.25, 0.3) is 0 Å². The van der Waals surface area contributed by atoms with E-state index in [0.717, 1.165) is 19.3 Å². The molecule has 0 spiro atoms. The summed E-state index contributed by atoms with van der Waals surface area (Å²) in [7, 11) is 0. The van der Waals surface area contributed by atoms with Crippen molar-refractivity contribution in [3.05, 3.63) is 0 Å². The Morgan fingerprint density at radius 1 is 0.909 bits per heavy atom. The molecule has 0 aliphatic carbocycles. The van der Waals surface area contributed by atoms with Crippen LogP contribution < -0.4 is 0 Å². The van der Waals surface area contributed by atoms with Crippen LogP contribution in [0, 0.1) is 29.6 Å². The van der Waals surface area contributed by atoms with Gasteiger partial charge in [0, 0.05) is 6.42 Å². The van der Waals surface area contributed by atoms with Crippen molar-refractivity contribution < 1.29 is 19.8 Å². The molecule has 0 aliphatic rings. The van der Waals surface area contributed by atoms with Crippen molar-refractivity contribution in [2.24, 2.45) is 29.6 Å². The molecule has 0 rings (SSSR count). The van der Waals surface area contributed by atoms with Crippen molar-refractivity contribution in [2.45, 2.75) is 74.1 Å². The molecular formula is C18H36O4. The zero-order valence-corrected chi connectivity index (χ0v) is 15.4. The lowest BCUT2D eigenvalue weighted by molar-refractivity contribution is -0.143. The molecule has 22 heavy (non-hydrogen) atoms. The maximum absolute atomic E-state index is 10.6. The minimum Gasteiger partial charge on any atom is -0.481 e. The van der Waals surface area contributed by atoms with E-state index in [1.807, 2.05) is 6.92 Å². The highest BCUT2D eigenvalue weighted by molar-refractivity contribution is 5.69. The number of aliphatic carboxylic acids is 2. The Morgan fingerprint density at radius 2 is 1.41 bits per heavy atom. The van der Waals surface area contributed by atoms with Gasteiger partial charge in [-0.3, -0.25) is 9.59 Å². The molecule has 0 amide bonds. The lowest BCUT2D eigenvalue weighted by Crippen LogP contribution is -2.23. The number of carboxylic acids is 2. The van der Waals surface area contributed by atoms with Gasteiger partial charge in [0.2, 0.25) is 0 Å². The Bertz CT molecular complexity index is 312. The lowest BCUT2D eigenvalue weighted by atomic mass is 9.84. The van der Waals surface area contributed by atoms with Crippen molar-refractivity contribution in [3.8, 4) is 0 Å². The fourth-order valence-corrected chi connectivity index (χ4v) is 2.00. The number of hydrogen-bond donors (Lipinski definition) is 2. The molecular weight excluding hydrogens is 280 g/mol. The van der Waals surface area contributed by atoms with E-state index in [-0.39, 0.29) is 11.8 Å². The fraction of sp³-hybridized carbons (Fsp3) is 0.889. The summed E-state index contributed by atoms with van der Waals surface area (Å²) < 4.78 is 0. The van der Waals surface area contributed by atoms with E-state index < -0.39 is 11.9 Å². The molecule has 2 N–H and O–H groups in total. The van der Waals surface area contributed by atoms with E-state index >= 15 is 0 Å².